The first-order valence-corrected chi connectivity index (χ1v) is 6.57. The van der Waals surface area contributed by atoms with Gasteiger partial charge in [0.25, 0.3) is 0 Å². The number of hydrogen-bond acceptors (Lipinski definition) is 4. The summed E-state index contributed by atoms with van der Waals surface area (Å²) in [5.41, 5.74) is 0. The predicted octanol–water partition coefficient (Wildman–Crippen LogP) is 2.69. The highest BCUT2D eigenvalue weighted by Gasteiger charge is 2.65. The number of rotatable bonds is 6. The van der Waals surface area contributed by atoms with E-state index in [-0.39, 0.29) is 6.42 Å². The Kier molecular flexibility index (Phi) is 7.33. The van der Waals surface area contributed by atoms with Gasteiger partial charge in [0, 0.05) is 5.92 Å². The monoisotopic (exact) mass is 387 g/mol. The zero-order valence-electron chi connectivity index (χ0n) is 12.8. The lowest BCUT2D eigenvalue weighted by Crippen LogP contribution is -2.56. The normalized spacial score (nSPS) is 14.0. The van der Waals surface area contributed by atoms with Crippen LogP contribution in [0.3, 0.4) is 0 Å². The summed E-state index contributed by atoms with van der Waals surface area (Å²) in [7, 11) is 0. The maximum absolute atomic E-state index is 13.1. The molecule has 0 saturated heterocycles. The average molecular weight is 387 g/mol. The van der Waals surface area contributed by atoms with Crippen molar-refractivity contribution in [1.82, 2.24) is 4.90 Å². The minimum absolute atomic E-state index is 0.0994. The molecule has 146 valence electrons. The molecule has 0 N–H and O–H groups in total. The summed E-state index contributed by atoms with van der Waals surface area (Å²) in [5, 5.41) is 0. The molecule has 0 aromatic heterocycles. The third-order valence-corrected chi connectivity index (χ3v) is 2.85. The van der Waals surface area contributed by atoms with Crippen molar-refractivity contribution >= 4 is 17.8 Å². The quantitative estimate of drug-likeness (QED) is 0.519. The van der Waals surface area contributed by atoms with Gasteiger partial charge in [0.15, 0.2) is 6.61 Å². The van der Waals surface area contributed by atoms with E-state index in [1.807, 2.05) is 0 Å². The van der Waals surface area contributed by atoms with Gasteiger partial charge < -0.3 is 4.74 Å². The van der Waals surface area contributed by atoms with Gasteiger partial charge in [0.1, 0.15) is 6.54 Å². The molecule has 0 aliphatic heterocycles. The molecule has 0 aromatic carbocycles. The van der Waals surface area contributed by atoms with Gasteiger partial charge in [-0.1, -0.05) is 13.8 Å². The van der Waals surface area contributed by atoms with E-state index < -0.39 is 60.0 Å². The van der Waals surface area contributed by atoms with Gasteiger partial charge >= 0.3 is 30.2 Å². The first-order valence-electron chi connectivity index (χ1n) is 6.57. The van der Waals surface area contributed by atoms with E-state index >= 15 is 0 Å². The Morgan fingerprint density at radius 1 is 1.00 bits per heavy atom. The molecule has 0 spiro atoms. The van der Waals surface area contributed by atoms with Crippen molar-refractivity contribution in [2.75, 3.05) is 13.2 Å². The van der Waals surface area contributed by atoms with Gasteiger partial charge in [-0.15, -0.1) is 0 Å². The molecule has 25 heavy (non-hydrogen) atoms. The Balaban J connectivity index is 5.49. The molecule has 0 aliphatic carbocycles. The zero-order valence-corrected chi connectivity index (χ0v) is 12.8. The van der Waals surface area contributed by atoms with E-state index in [1.54, 1.807) is 0 Å². The largest absolute Gasteiger partial charge is 0.463 e. The number of imide groups is 1. The summed E-state index contributed by atoms with van der Waals surface area (Å²) in [6.07, 6.45) is -11.5. The molecule has 0 fully saturated rings. The van der Waals surface area contributed by atoms with Crippen LogP contribution in [0.5, 0.6) is 0 Å². The van der Waals surface area contributed by atoms with Gasteiger partial charge in [-0.3, -0.25) is 19.3 Å². The molecule has 13 heteroatoms. The van der Waals surface area contributed by atoms with Crippen LogP contribution < -0.4 is 0 Å². The molecule has 0 saturated carbocycles. The van der Waals surface area contributed by atoms with Crippen LogP contribution in [-0.4, -0.2) is 54.1 Å². The number of amides is 2. The molecule has 1 atom stereocenters. The molecule has 0 radical (unpaired) electrons. The lowest BCUT2D eigenvalue weighted by Gasteiger charge is -2.27. The van der Waals surface area contributed by atoms with Crippen molar-refractivity contribution in [2.45, 2.75) is 38.5 Å². The van der Waals surface area contributed by atoms with Crippen molar-refractivity contribution in [3.05, 3.63) is 0 Å². The standard InChI is InChI=1S/C12H13F8NO4/c1-3-6(2)8(23)21(4-7(22)25-5-10(13,14)15)9(24)11(16,17)12(18,19)20/h6H,3-5H2,1-2H3. The smallest absolute Gasteiger partial charge is 0.455 e. The first kappa shape index (κ1) is 23.1. The van der Waals surface area contributed by atoms with Crippen molar-refractivity contribution in [2.24, 2.45) is 5.92 Å². The topological polar surface area (TPSA) is 63.7 Å². The van der Waals surface area contributed by atoms with Crippen LogP contribution in [0.4, 0.5) is 35.1 Å². The SMILES string of the molecule is CCC(C)C(=O)N(CC(=O)OCC(F)(F)F)C(=O)C(F)(F)C(F)(F)F. The summed E-state index contributed by atoms with van der Waals surface area (Å²) in [4.78, 5) is 33.7. The molecular weight excluding hydrogens is 374 g/mol. The third-order valence-electron chi connectivity index (χ3n) is 2.85. The summed E-state index contributed by atoms with van der Waals surface area (Å²) in [5.74, 6) is -13.9. The molecule has 5 nitrogen and oxygen atoms in total. The maximum Gasteiger partial charge on any atom is 0.463 e. The van der Waals surface area contributed by atoms with Crippen molar-refractivity contribution < 1.29 is 54.2 Å². The fourth-order valence-corrected chi connectivity index (χ4v) is 1.32. The maximum atomic E-state index is 13.1. The summed E-state index contributed by atoms with van der Waals surface area (Å²) in [6.45, 7) is -1.59. The molecule has 2 amide bonds. The fourth-order valence-electron chi connectivity index (χ4n) is 1.32. The average Bonchev–Trinajstić information content (AvgIpc) is 2.46. The van der Waals surface area contributed by atoms with Crippen LogP contribution in [-0.2, 0) is 19.1 Å². The Bertz CT molecular complexity index is 514. The first-order chi connectivity index (χ1) is 11.0. The predicted molar refractivity (Wildman–Crippen MR) is 64.2 cm³/mol. The Morgan fingerprint density at radius 2 is 1.48 bits per heavy atom. The highest BCUT2D eigenvalue weighted by molar-refractivity contribution is 6.02. The summed E-state index contributed by atoms with van der Waals surface area (Å²) < 4.78 is 102. The number of ether oxygens (including phenoxy) is 1. The second-order valence-corrected chi connectivity index (χ2v) is 4.89. The number of carbonyl (C=O) groups is 3. The molecule has 1 unspecified atom stereocenters. The van der Waals surface area contributed by atoms with Gasteiger partial charge in [-0.2, -0.15) is 35.1 Å². The lowest BCUT2D eigenvalue weighted by atomic mass is 10.1. The summed E-state index contributed by atoms with van der Waals surface area (Å²) in [6, 6.07) is 0. The number of halogens is 8. The molecule has 0 bridgehead atoms. The lowest BCUT2D eigenvalue weighted by molar-refractivity contribution is -0.274. The van der Waals surface area contributed by atoms with Gasteiger partial charge in [-0.05, 0) is 6.42 Å². The van der Waals surface area contributed by atoms with E-state index in [0.717, 1.165) is 6.92 Å². The molecule has 0 rings (SSSR count). The molecule has 0 aliphatic rings. The Morgan fingerprint density at radius 3 is 1.84 bits per heavy atom. The van der Waals surface area contributed by atoms with E-state index in [9.17, 15) is 49.5 Å². The van der Waals surface area contributed by atoms with Crippen molar-refractivity contribution in [1.29, 1.82) is 0 Å². The van der Waals surface area contributed by atoms with Crippen LogP contribution in [0.2, 0.25) is 0 Å². The highest BCUT2D eigenvalue weighted by atomic mass is 19.4. The van der Waals surface area contributed by atoms with Gasteiger partial charge in [-0.25, -0.2) is 0 Å². The number of hydrogen-bond donors (Lipinski definition) is 0. The van der Waals surface area contributed by atoms with Gasteiger partial charge in [0.05, 0.1) is 0 Å². The fraction of sp³-hybridized carbons (Fsp3) is 0.750. The van der Waals surface area contributed by atoms with Crippen LogP contribution >= 0.6 is 0 Å². The Labute approximate surface area is 135 Å². The third kappa shape index (κ3) is 6.46. The van der Waals surface area contributed by atoms with Crippen LogP contribution in [0, 0.1) is 5.92 Å². The number of alkyl halides is 8. The molecule has 0 heterocycles. The van der Waals surface area contributed by atoms with E-state index in [1.165, 1.54) is 6.92 Å². The highest BCUT2D eigenvalue weighted by Crippen LogP contribution is 2.37. The zero-order chi connectivity index (χ0) is 20.2. The Hall–Kier alpha value is -1.95. The second kappa shape index (κ2) is 7.95. The molecular formula is C12H13F8NO4. The molecule has 0 aromatic rings. The van der Waals surface area contributed by atoms with Crippen molar-refractivity contribution in [3.63, 3.8) is 0 Å². The minimum Gasteiger partial charge on any atom is -0.455 e. The van der Waals surface area contributed by atoms with Crippen LogP contribution in [0.15, 0.2) is 0 Å². The second-order valence-electron chi connectivity index (χ2n) is 4.89. The van der Waals surface area contributed by atoms with E-state index in [0.29, 0.717) is 0 Å². The van der Waals surface area contributed by atoms with E-state index in [4.69, 9.17) is 0 Å². The summed E-state index contributed by atoms with van der Waals surface area (Å²) >= 11 is 0. The van der Waals surface area contributed by atoms with E-state index in [2.05, 4.69) is 4.74 Å². The van der Waals surface area contributed by atoms with Crippen molar-refractivity contribution in [3.8, 4) is 0 Å². The number of nitrogens with zero attached hydrogens (tertiary/aromatic N) is 1. The van der Waals surface area contributed by atoms with Gasteiger partial charge in [0.2, 0.25) is 5.91 Å². The minimum atomic E-state index is -6.37. The van der Waals surface area contributed by atoms with Crippen LogP contribution in [0.1, 0.15) is 20.3 Å². The van der Waals surface area contributed by atoms with Crippen LogP contribution in [0.25, 0.3) is 0 Å². The number of carbonyl (C=O) groups excluding carboxylic acids is 3. The number of esters is 1.